The summed E-state index contributed by atoms with van der Waals surface area (Å²) in [5.41, 5.74) is 0.826. The molecule has 0 atom stereocenters. The van der Waals surface area contributed by atoms with E-state index in [0.29, 0.717) is 15.5 Å². The molecule has 0 radical (unpaired) electrons. The number of carbonyl (C=O) groups is 1. The lowest BCUT2D eigenvalue weighted by Crippen LogP contribution is -2.14. The number of nitrogens with zero attached hydrogens (tertiary/aromatic N) is 1. The molecule has 1 amide bonds. The summed E-state index contributed by atoms with van der Waals surface area (Å²) in [4.78, 5) is 13.7. The van der Waals surface area contributed by atoms with E-state index in [2.05, 4.69) is 11.4 Å². The number of anilines is 1. The molecule has 8 heteroatoms. The molecule has 0 unspecified atom stereocenters. The maximum absolute atomic E-state index is 12.7. The van der Waals surface area contributed by atoms with Crippen molar-refractivity contribution < 1.29 is 18.0 Å². The van der Waals surface area contributed by atoms with E-state index >= 15 is 0 Å². The minimum atomic E-state index is -4.41. The first kappa shape index (κ1) is 18.8. The number of nitriles is 1. The molecule has 2 aromatic rings. The van der Waals surface area contributed by atoms with E-state index in [1.807, 2.05) is 0 Å². The Balaban J connectivity index is 1.65. The first-order valence-electron chi connectivity index (χ1n) is 8.03. The van der Waals surface area contributed by atoms with Gasteiger partial charge in [-0.3, -0.25) is 4.79 Å². The highest BCUT2D eigenvalue weighted by molar-refractivity contribution is 8.00. The van der Waals surface area contributed by atoms with E-state index < -0.39 is 11.7 Å². The maximum atomic E-state index is 12.7. The smallest absolute Gasteiger partial charge is 0.316 e. The average molecular weight is 396 g/mol. The van der Waals surface area contributed by atoms with Gasteiger partial charge in [0.05, 0.1) is 16.9 Å². The number of carbonyl (C=O) groups excluding carboxylic acids is 1. The number of fused-ring (bicyclic) bond motifs is 1. The van der Waals surface area contributed by atoms with Gasteiger partial charge in [0.1, 0.15) is 11.1 Å². The summed E-state index contributed by atoms with van der Waals surface area (Å²) in [5, 5.41) is 12.7. The van der Waals surface area contributed by atoms with Crippen molar-refractivity contribution in [3.05, 3.63) is 45.8 Å². The van der Waals surface area contributed by atoms with Crippen LogP contribution in [0.3, 0.4) is 0 Å². The van der Waals surface area contributed by atoms with Crippen LogP contribution in [0.1, 0.15) is 34.4 Å². The minimum absolute atomic E-state index is 0.0191. The molecule has 3 rings (SSSR count). The number of alkyl halides is 3. The summed E-state index contributed by atoms with van der Waals surface area (Å²) in [6.45, 7) is 0. The van der Waals surface area contributed by atoms with Crippen LogP contribution in [0.4, 0.5) is 18.2 Å². The Bertz CT molecular complexity index is 868. The van der Waals surface area contributed by atoms with E-state index in [-0.39, 0.29) is 11.7 Å². The lowest BCUT2D eigenvalue weighted by molar-refractivity contribution is -0.137. The third-order valence-electron chi connectivity index (χ3n) is 4.07. The SMILES string of the molecule is N#Cc1c(NC(=O)CSc2cccc(C(F)(F)F)c2)sc2c1CCCC2. The Morgan fingerprint density at radius 2 is 2.08 bits per heavy atom. The predicted octanol–water partition coefficient (Wildman–Crippen LogP) is 5.25. The number of rotatable bonds is 4. The van der Waals surface area contributed by atoms with Crippen molar-refractivity contribution in [1.82, 2.24) is 0 Å². The molecule has 1 heterocycles. The second kappa shape index (κ2) is 7.72. The Labute approximate surface area is 157 Å². The molecule has 0 bridgehead atoms. The van der Waals surface area contributed by atoms with Crippen molar-refractivity contribution >= 4 is 34.0 Å². The van der Waals surface area contributed by atoms with Gasteiger partial charge in [-0.25, -0.2) is 0 Å². The number of hydrogen-bond acceptors (Lipinski definition) is 4. The van der Waals surface area contributed by atoms with Crippen LogP contribution in [-0.2, 0) is 23.8 Å². The van der Waals surface area contributed by atoms with Gasteiger partial charge in [0, 0.05) is 9.77 Å². The lowest BCUT2D eigenvalue weighted by atomic mass is 9.96. The number of amides is 1. The molecule has 1 N–H and O–H groups in total. The van der Waals surface area contributed by atoms with E-state index in [9.17, 15) is 23.2 Å². The van der Waals surface area contributed by atoms with Gasteiger partial charge in [0.2, 0.25) is 5.91 Å². The van der Waals surface area contributed by atoms with Gasteiger partial charge in [-0.15, -0.1) is 23.1 Å². The Morgan fingerprint density at radius 3 is 2.81 bits per heavy atom. The van der Waals surface area contributed by atoms with Gasteiger partial charge >= 0.3 is 6.18 Å². The summed E-state index contributed by atoms with van der Waals surface area (Å²) in [6.07, 6.45) is -0.516. The fourth-order valence-corrected chi connectivity index (χ4v) is 4.86. The molecular formula is C18H15F3N2OS2. The fraction of sp³-hybridized carbons (Fsp3) is 0.333. The van der Waals surface area contributed by atoms with Crippen LogP contribution in [0.15, 0.2) is 29.2 Å². The quantitative estimate of drug-likeness (QED) is 0.719. The van der Waals surface area contributed by atoms with Crippen molar-refractivity contribution in [2.24, 2.45) is 0 Å². The number of nitrogens with one attached hydrogen (secondary N) is 1. The van der Waals surface area contributed by atoms with Gasteiger partial charge in [0.25, 0.3) is 0 Å². The van der Waals surface area contributed by atoms with Gasteiger partial charge in [-0.05, 0) is 49.4 Å². The van der Waals surface area contributed by atoms with Crippen molar-refractivity contribution in [1.29, 1.82) is 5.26 Å². The third-order valence-corrected chi connectivity index (χ3v) is 6.27. The normalized spacial score (nSPS) is 13.8. The van der Waals surface area contributed by atoms with E-state index in [1.165, 1.54) is 23.5 Å². The zero-order valence-corrected chi connectivity index (χ0v) is 15.3. The molecule has 136 valence electrons. The standard InChI is InChI=1S/C18H15F3N2OS2/c19-18(20,21)11-4-3-5-12(8-11)25-10-16(24)23-17-14(9-22)13-6-1-2-7-15(13)26-17/h3-5,8H,1-2,6-7,10H2,(H,23,24). The third kappa shape index (κ3) is 4.22. The van der Waals surface area contributed by atoms with Gasteiger partial charge < -0.3 is 5.32 Å². The Kier molecular flexibility index (Phi) is 5.58. The molecule has 1 aromatic carbocycles. The summed E-state index contributed by atoms with van der Waals surface area (Å²) in [6, 6.07) is 7.06. The van der Waals surface area contributed by atoms with Crippen LogP contribution < -0.4 is 5.32 Å². The molecule has 0 saturated carbocycles. The number of thiophene rings is 1. The van der Waals surface area contributed by atoms with Gasteiger partial charge in [-0.1, -0.05) is 6.07 Å². The molecule has 0 fully saturated rings. The minimum Gasteiger partial charge on any atom is -0.316 e. The molecule has 1 aliphatic carbocycles. The zero-order valence-electron chi connectivity index (χ0n) is 13.7. The van der Waals surface area contributed by atoms with E-state index in [4.69, 9.17) is 0 Å². The molecule has 3 nitrogen and oxygen atoms in total. The first-order chi connectivity index (χ1) is 12.4. The highest BCUT2D eigenvalue weighted by atomic mass is 32.2. The highest BCUT2D eigenvalue weighted by Crippen LogP contribution is 2.38. The summed E-state index contributed by atoms with van der Waals surface area (Å²) in [5.74, 6) is -0.350. The summed E-state index contributed by atoms with van der Waals surface area (Å²) >= 11 is 2.47. The van der Waals surface area contributed by atoms with Crippen LogP contribution in [-0.4, -0.2) is 11.7 Å². The second-order valence-corrected chi connectivity index (χ2v) is 8.04. The first-order valence-corrected chi connectivity index (χ1v) is 9.83. The van der Waals surface area contributed by atoms with Crippen LogP contribution >= 0.6 is 23.1 Å². The molecule has 0 aliphatic heterocycles. The summed E-state index contributed by atoms with van der Waals surface area (Å²) in [7, 11) is 0. The topological polar surface area (TPSA) is 52.9 Å². The molecule has 1 aliphatic rings. The number of aryl methyl sites for hydroxylation is 1. The average Bonchev–Trinajstić information content (AvgIpc) is 2.96. The fourth-order valence-electron chi connectivity index (χ4n) is 2.85. The van der Waals surface area contributed by atoms with Crippen molar-refractivity contribution in [2.75, 3.05) is 11.1 Å². The monoisotopic (exact) mass is 396 g/mol. The number of benzene rings is 1. The number of thioether (sulfide) groups is 1. The van der Waals surface area contributed by atoms with Crippen LogP contribution in [0, 0.1) is 11.3 Å². The Hall–Kier alpha value is -1.98. The second-order valence-electron chi connectivity index (χ2n) is 5.89. The highest BCUT2D eigenvalue weighted by Gasteiger charge is 2.30. The number of halogens is 3. The Morgan fingerprint density at radius 1 is 1.31 bits per heavy atom. The maximum Gasteiger partial charge on any atom is 0.416 e. The molecular weight excluding hydrogens is 381 g/mol. The van der Waals surface area contributed by atoms with Gasteiger partial charge in [-0.2, -0.15) is 18.4 Å². The zero-order chi connectivity index (χ0) is 18.7. The van der Waals surface area contributed by atoms with E-state index in [1.54, 1.807) is 0 Å². The van der Waals surface area contributed by atoms with Gasteiger partial charge in [0.15, 0.2) is 0 Å². The summed E-state index contributed by atoms with van der Waals surface area (Å²) < 4.78 is 38.2. The molecule has 0 spiro atoms. The van der Waals surface area contributed by atoms with Crippen molar-refractivity contribution in [2.45, 2.75) is 36.8 Å². The number of hydrogen-bond donors (Lipinski definition) is 1. The largest absolute Gasteiger partial charge is 0.416 e. The van der Waals surface area contributed by atoms with Crippen molar-refractivity contribution in [3.63, 3.8) is 0 Å². The van der Waals surface area contributed by atoms with Crippen LogP contribution in [0.5, 0.6) is 0 Å². The lowest BCUT2D eigenvalue weighted by Gasteiger charge is -2.09. The van der Waals surface area contributed by atoms with Crippen LogP contribution in [0.25, 0.3) is 0 Å². The van der Waals surface area contributed by atoms with E-state index in [0.717, 1.165) is 60.0 Å². The van der Waals surface area contributed by atoms with Crippen LogP contribution in [0.2, 0.25) is 0 Å². The van der Waals surface area contributed by atoms with Crippen molar-refractivity contribution in [3.8, 4) is 6.07 Å². The molecule has 0 saturated heterocycles. The molecule has 1 aromatic heterocycles. The predicted molar refractivity (Wildman–Crippen MR) is 96.5 cm³/mol. The molecule has 26 heavy (non-hydrogen) atoms.